The summed E-state index contributed by atoms with van der Waals surface area (Å²) in [6, 6.07) is 12.9. The molecule has 1 aliphatic rings. The Labute approximate surface area is 155 Å². The van der Waals surface area contributed by atoms with Gasteiger partial charge in [-0.3, -0.25) is 4.79 Å². The van der Waals surface area contributed by atoms with Crippen molar-refractivity contribution in [3.05, 3.63) is 64.2 Å². The standard InChI is InChI=1S/C21H26N2OS/c1-14-10-15(2)20(16(3)11-14)21-23(19(24)13-25-21)12-17-6-8-18(9-7-17)22(4)5/h6-11,21H,12-13H2,1-5H3. The summed E-state index contributed by atoms with van der Waals surface area (Å²) in [5.74, 6) is 0.791. The van der Waals surface area contributed by atoms with Gasteiger partial charge < -0.3 is 9.80 Å². The van der Waals surface area contributed by atoms with Crippen molar-refractivity contribution < 1.29 is 4.79 Å². The third-order valence-corrected chi connectivity index (χ3v) is 5.98. The van der Waals surface area contributed by atoms with Crippen LogP contribution in [0.4, 0.5) is 5.69 Å². The van der Waals surface area contributed by atoms with Crippen LogP contribution in [0.2, 0.25) is 0 Å². The van der Waals surface area contributed by atoms with Crippen LogP contribution in [0.1, 0.15) is 33.2 Å². The van der Waals surface area contributed by atoms with Crippen LogP contribution >= 0.6 is 11.8 Å². The van der Waals surface area contributed by atoms with E-state index in [1.807, 2.05) is 19.0 Å². The van der Waals surface area contributed by atoms with Gasteiger partial charge in [0, 0.05) is 26.3 Å². The van der Waals surface area contributed by atoms with E-state index in [9.17, 15) is 4.79 Å². The number of hydrogen-bond donors (Lipinski definition) is 0. The minimum Gasteiger partial charge on any atom is -0.378 e. The predicted molar refractivity (Wildman–Crippen MR) is 107 cm³/mol. The van der Waals surface area contributed by atoms with E-state index < -0.39 is 0 Å². The van der Waals surface area contributed by atoms with Crippen LogP contribution in [0.25, 0.3) is 0 Å². The van der Waals surface area contributed by atoms with Crippen molar-refractivity contribution in [2.45, 2.75) is 32.7 Å². The molecule has 1 saturated heterocycles. The first-order valence-corrected chi connectivity index (χ1v) is 9.67. The van der Waals surface area contributed by atoms with Gasteiger partial charge in [0.1, 0.15) is 5.37 Å². The zero-order chi connectivity index (χ0) is 18.1. The first-order valence-electron chi connectivity index (χ1n) is 8.62. The number of hydrogen-bond acceptors (Lipinski definition) is 3. The molecule has 4 heteroatoms. The molecule has 1 aliphatic heterocycles. The van der Waals surface area contributed by atoms with Crippen LogP contribution in [0, 0.1) is 20.8 Å². The molecule has 1 heterocycles. The number of amides is 1. The zero-order valence-electron chi connectivity index (χ0n) is 15.7. The molecule has 2 aromatic carbocycles. The number of benzene rings is 2. The van der Waals surface area contributed by atoms with Gasteiger partial charge in [-0.25, -0.2) is 0 Å². The van der Waals surface area contributed by atoms with Crippen LogP contribution in [0.3, 0.4) is 0 Å². The second-order valence-electron chi connectivity index (χ2n) is 7.06. The van der Waals surface area contributed by atoms with E-state index in [1.165, 1.54) is 33.5 Å². The maximum absolute atomic E-state index is 12.5. The minimum atomic E-state index is 0.113. The molecule has 0 radical (unpaired) electrons. The molecule has 3 rings (SSSR count). The molecule has 25 heavy (non-hydrogen) atoms. The molecule has 1 unspecified atom stereocenters. The molecular weight excluding hydrogens is 328 g/mol. The van der Waals surface area contributed by atoms with Crippen molar-refractivity contribution in [3.8, 4) is 0 Å². The first kappa shape index (κ1) is 17.9. The van der Waals surface area contributed by atoms with Gasteiger partial charge in [0.05, 0.1) is 5.75 Å². The molecule has 1 fully saturated rings. The number of anilines is 1. The highest BCUT2D eigenvalue weighted by Crippen LogP contribution is 2.42. The Kier molecular flexibility index (Phi) is 5.09. The molecule has 0 aromatic heterocycles. The number of rotatable bonds is 4. The van der Waals surface area contributed by atoms with Crippen LogP contribution < -0.4 is 4.90 Å². The normalized spacial score (nSPS) is 17.2. The largest absolute Gasteiger partial charge is 0.378 e. The summed E-state index contributed by atoms with van der Waals surface area (Å²) in [7, 11) is 4.07. The number of carbonyl (C=O) groups is 1. The maximum atomic E-state index is 12.5. The number of carbonyl (C=O) groups excluding carboxylic acids is 1. The molecule has 1 amide bonds. The monoisotopic (exact) mass is 354 g/mol. The molecule has 0 bridgehead atoms. The third kappa shape index (κ3) is 3.69. The van der Waals surface area contributed by atoms with Gasteiger partial charge in [-0.2, -0.15) is 0 Å². The van der Waals surface area contributed by atoms with Gasteiger partial charge in [-0.05, 0) is 55.2 Å². The van der Waals surface area contributed by atoms with Crippen LogP contribution in [0.15, 0.2) is 36.4 Å². The van der Waals surface area contributed by atoms with Gasteiger partial charge >= 0.3 is 0 Å². The van der Waals surface area contributed by atoms with Crippen molar-refractivity contribution in [1.82, 2.24) is 4.90 Å². The zero-order valence-corrected chi connectivity index (χ0v) is 16.5. The summed E-state index contributed by atoms with van der Waals surface area (Å²) >= 11 is 1.74. The average Bonchev–Trinajstić information content (AvgIpc) is 2.88. The van der Waals surface area contributed by atoms with Crippen LogP contribution in [0.5, 0.6) is 0 Å². The molecule has 2 aromatic rings. The van der Waals surface area contributed by atoms with Crippen molar-refractivity contribution in [3.63, 3.8) is 0 Å². The van der Waals surface area contributed by atoms with Gasteiger partial charge in [0.2, 0.25) is 5.91 Å². The first-order chi connectivity index (χ1) is 11.9. The van der Waals surface area contributed by atoms with E-state index in [2.05, 4.69) is 62.1 Å². The minimum absolute atomic E-state index is 0.113. The van der Waals surface area contributed by atoms with Crippen molar-refractivity contribution >= 4 is 23.4 Å². The van der Waals surface area contributed by atoms with E-state index in [0.29, 0.717) is 12.3 Å². The Hall–Kier alpha value is -1.94. The van der Waals surface area contributed by atoms with E-state index in [-0.39, 0.29) is 11.3 Å². The second kappa shape index (κ2) is 7.12. The highest BCUT2D eigenvalue weighted by atomic mass is 32.2. The van der Waals surface area contributed by atoms with E-state index in [1.54, 1.807) is 11.8 Å². The van der Waals surface area contributed by atoms with E-state index in [4.69, 9.17) is 0 Å². The predicted octanol–water partition coefficient (Wildman–Crippen LogP) is 4.45. The summed E-state index contributed by atoms with van der Waals surface area (Å²) in [6.45, 7) is 7.10. The lowest BCUT2D eigenvalue weighted by atomic mass is 9.99. The highest BCUT2D eigenvalue weighted by molar-refractivity contribution is 8.00. The Balaban J connectivity index is 1.88. The molecule has 1 atom stereocenters. The molecule has 0 saturated carbocycles. The molecule has 132 valence electrons. The number of nitrogens with zero attached hydrogens (tertiary/aromatic N) is 2. The molecule has 0 aliphatic carbocycles. The van der Waals surface area contributed by atoms with Gasteiger partial charge in [-0.15, -0.1) is 11.8 Å². The van der Waals surface area contributed by atoms with Crippen LogP contribution in [-0.4, -0.2) is 30.7 Å². The Morgan fingerprint density at radius 2 is 1.68 bits per heavy atom. The van der Waals surface area contributed by atoms with E-state index >= 15 is 0 Å². The summed E-state index contributed by atoms with van der Waals surface area (Å²) in [6.07, 6.45) is 0. The summed E-state index contributed by atoms with van der Waals surface area (Å²) in [4.78, 5) is 16.6. The molecule has 0 spiro atoms. The Morgan fingerprint density at radius 3 is 2.24 bits per heavy atom. The van der Waals surface area contributed by atoms with E-state index in [0.717, 1.165) is 0 Å². The molecule has 0 N–H and O–H groups in total. The number of thioether (sulfide) groups is 1. The topological polar surface area (TPSA) is 23.6 Å². The SMILES string of the molecule is Cc1cc(C)c(C2SCC(=O)N2Cc2ccc(N(C)C)cc2)c(C)c1. The lowest BCUT2D eigenvalue weighted by molar-refractivity contribution is -0.128. The Bertz CT molecular complexity index is 760. The van der Waals surface area contributed by atoms with Gasteiger partial charge in [0.15, 0.2) is 0 Å². The average molecular weight is 355 g/mol. The second-order valence-corrected chi connectivity index (χ2v) is 8.13. The van der Waals surface area contributed by atoms with Crippen molar-refractivity contribution in [2.24, 2.45) is 0 Å². The van der Waals surface area contributed by atoms with Gasteiger partial charge in [-0.1, -0.05) is 29.8 Å². The summed E-state index contributed by atoms with van der Waals surface area (Å²) < 4.78 is 0. The lowest BCUT2D eigenvalue weighted by Gasteiger charge is -2.27. The third-order valence-electron chi connectivity index (χ3n) is 4.76. The quantitative estimate of drug-likeness (QED) is 0.810. The van der Waals surface area contributed by atoms with Gasteiger partial charge in [0.25, 0.3) is 0 Å². The highest BCUT2D eigenvalue weighted by Gasteiger charge is 2.34. The summed E-state index contributed by atoms with van der Waals surface area (Å²) in [5, 5.41) is 0.113. The van der Waals surface area contributed by atoms with Crippen molar-refractivity contribution in [2.75, 3.05) is 24.7 Å². The molecule has 3 nitrogen and oxygen atoms in total. The Morgan fingerprint density at radius 1 is 1.08 bits per heavy atom. The molecular formula is C21H26N2OS. The smallest absolute Gasteiger partial charge is 0.234 e. The fourth-order valence-corrected chi connectivity index (χ4v) is 4.92. The summed E-state index contributed by atoms with van der Waals surface area (Å²) in [5.41, 5.74) is 7.47. The fourth-order valence-electron chi connectivity index (χ4n) is 3.54. The van der Waals surface area contributed by atoms with Crippen LogP contribution in [-0.2, 0) is 11.3 Å². The maximum Gasteiger partial charge on any atom is 0.234 e. The lowest BCUT2D eigenvalue weighted by Crippen LogP contribution is -2.28. The fraction of sp³-hybridized carbons (Fsp3) is 0.381. The van der Waals surface area contributed by atoms with Crippen molar-refractivity contribution in [1.29, 1.82) is 0 Å². The number of aryl methyl sites for hydroxylation is 3.